The zero-order chi connectivity index (χ0) is 21.8. The lowest BCUT2D eigenvalue weighted by Crippen LogP contribution is -2.40. The smallest absolute Gasteiger partial charge is 0.240 e. The lowest BCUT2D eigenvalue weighted by molar-refractivity contribution is -0.119. The summed E-state index contributed by atoms with van der Waals surface area (Å²) in [6, 6.07) is 25.6. The minimum Gasteiger partial charge on any atom is -0.308 e. The highest BCUT2D eigenvalue weighted by molar-refractivity contribution is 7.22. The molecule has 0 spiro atoms. The lowest BCUT2D eigenvalue weighted by Gasteiger charge is -2.27. The number of hydrogen-bond donors (Lipinski definition) is 0. The number of nitrogens with zero attached hydrogens (tertiary/aromatic N) is 3. The van der Waals surface area contributed by atoms with Crippen molar-refractivity contribution in [1.29, 1.82) is 0 Å². The molecule has 0 atom stereocenters. The van der Waals surface area contributed by atoms with Gasteiger partial charge < -0.3 is 4.90 Å². The molecule has 0 fully saturated rings. The number of para-hydroxylation sites is 1. The van der Waals surface area contributed by atoms with Crippen molar-refractivity contribution >= 4 is 44.2 Å². The zero-order valence-corrected chi connectivity index (χ0v) is 19.1. The van der Waals surface area contributed by atoms with Crippen molar-refractivity contribution in [3.05, 3.63) is 95.0 Å². The molecule has 0 N–H and O–H groups in total. The summed E-state index contributed by atoms with van der Waals surface area (Å²) < 4.78 is 0.973. The first-order valence-corrected chi connectivity index (χ1v) is 11.3. The third-order valence-corrected chi connectivity index (χ3v) is 6.49. The largest absolute Gasteiger partial charge is 0.308 e. The van der Waals surface area contributed by atoms with Gasteiger partial charge in [0.05, 0.1) is 15.6 Å². The second kappa shape index (κ2) is 9.60. The minimum absolute atomic E-state index is 0.00873. The van der Waals surface area contributed by atoms with E-state index in [0.29, 0.717) is 16.7 Å². The zero-order valence-electron chi connectivity index (χ0n) is 17.5. The molecule has 1 amide bonds. The predicted octanol–water partition coefficient (Wildman–Crippen LogP) is 5.68. The van der Waals surface area contributed by atoms with Crippen LogP contribution >= 0.6 is 22.9 Å². The number of thiazole rings is 1. The number of benzene rings is 3. The van der Waals surface area contributed by atoms with Crippen molar-refractivity contribution in [2.45, 2.75) is 5.92 Å². The van der Waals surface area contributed by atoms with E-state index in [1.54, 1.807) is 0 Å². The summed E-state index contributed by atoms with van der Waals surface area (Å²) in [5.41, 5.74) is 2.67. The molecule has 1 heterocycles. The molecule has 0 aliphatic carbocycles. The molecule has 4 aromatic rings. The maximum Gasteiger partial charge on any atom is 0.240 e. The van der Waals surface area contributed by atoms with Crippen molar-refractivity contribution in [1.82, 2.24) is 9.88 Å². The van der Waals surface area contributed by atoms with Gasteiger partial charge in [0, 0.05) is 13.1 Å². The molecular weight excluding hydrogens is 426 g/mol. The number of carbonyl (C=O) groups excluding carboxylic acids is 1. The van der Waals surface area contributed by atoms with E-state index in [1.165, 1.54) is 11.3 Å². The van der Waals surface area contributed by atoms with Crippen LogP contribution in [0.2, 0.25) is 5.02 Å². The van der Waals surface area contributed by atoms with Gasteiger partial charge in [0.25, 0.3) is 0 Å². The van der Waals surface area contributed by atoms with Gasteiger partial charge in [-0.05, 0) is 37.4 Å². The van der Waals surface area contributed by atoms with Crippen LogP contribution in [0.1, 0.15) is 17.0 Å². The summed E-state index contributed by atoms with van der Waals surface area (Å²) in [5, 5.41) is 1.27. The Bertz CT molecular complexity index is 1120. The van der Waals surface area contributed by atoms with E-state index in [4.69, 9.17) is 16.6 Å². The highest BCUT2D eigenvalue weighted by atomic mass is 35.5. The number of likely N-dealkylation sites (N-methyl/N-ethyl adjacent to an activating group) is 1. The van der Waals surface area contributed by atoms with Crippen LogP contribution in [0, 0.1) is 0 Å². The van der Waals surface area contributed by atoms with Gasteiger partial charge in [-0.3, -0.25) is 9.69 Å². The molecule has 4 nitrogen and oxygen atoms in total. The molecular formula is C25H24ClN3OS. The Morgan fingerprint density at radius 2 is 1.52 bits per heavy atom. The fraction of sp³-hybridized carbons (Fsp3) is 0.200. The van der Waals surface area contributed by atoms with Crippen LogP contribution in [0.25, 0.3) is 10.2 Å². The number of hydrogen-bond acceptors (Lipinski definition) is 4. The molecule has 0 saturated carbocycles. The maximum atomic E-state index is 14.1. The Morgan fingerprint density at radius 1 is 0.903 bits per heavy atom. The van der Waals surface area contributed by atoms with Crippen LogP contribution in [-0.2, 0) is 4.79 Å². The molecule has 0 unspecified atom stereocenters. The summed E-state index contributed by atoms with van der Waals surface area (Å²) in [6.45, 7) is 1.27. The quantitative estimate of drug-likeness (QED) is 0.364. The number of fused-ring (bicyclic) bond motifs is 1. The standard InChI is InChI=1S/C25H24ClN3OS/c1-28(2)16-17-29(25-27-23-20(26)14-9-15-21(23)31-25)24(30)22(18-10-5-3-6-11-18)19-12-7-4-8-13-19/h3-15,22H,16-17H2,1-2H3. The second-order valence-electron chi connectivity index (χ2n) is 7.63. The highest BCUT2D eigenvalue weighted by Gasteiger charge is 2.30. The summed E-state index contributed by atoms with van der Waals surface area (Å²) in [6.07, 6.45) is 0. The fourth-order valence-corrected chi connectivity index (χ4v) is 4.84. The van der Waals surface area contributed by atoms with Crippen molar-refractivity contribution < 1.29 is 4.79 Å². The Morgan fingerprint density at radius 3 is 2.06 bits per heavy atom. The lowest BCUT2D eigenvalue weighted by atomic mass is 9.90. The molecule has 3 aromatic carbocycles. The maximum absolute atomic E-state index is 14.1. The van der Waals surface area contributed by atoms with Gasteiger partial charge in [0.2, 0.25) is 5.91 Å². The molecule has 158 valence electrons. The molecule has 1 aromatic heterocycles. The Labute approximate surface area is 191 Å². The van der Waals surface area contributed by atoms with E-state index < -0.39 is 5.92 Å². The van der Waals surface area contributed by atoms with Crippen LogP contribution in [0.15, 0.2) is 78.9 Å². The molecule has 0 saturated heterocycles. The summed E-state index contributed by atoms with van der Waals surface area (Å²) >= 11 is 7.87. The van der Waals surface area contributed by atoms with Crippen molar-refractivity contribution in [2.75, 3.05) is 32.1 Å². The van der Waals surface area contributed by atoms with Crippen molar-refractivity contribution in [3.8, 4) is 0 Å². The van der Waals surface area contributed by atoms with E-state index in [2.05, 4.69) is 4.90 Å². The normalized spacial score (nSPS) is 11.4. The van der Waals surface area contributed by atoms with Crippen LogP contribution in [0.4, 0.5) is 5.13 Å². The van der Waals surface area contributed by atoms with Crippen LogP contribution < -0.4 is 4.90 Å². The number of anilines is 1. The van der Waals surface area contributed by atoms with Gasteiger partial charge >= 0.3 is 0 Å². The number of rotatable bonds is 7. The first kappa shape index (κ1) is 21.5. The number of carbonyl (C=O) groups is 1. The topological polar surface area (TPSA) is 36.4 Å². The third-order valence-electron chi connectivity index (χ3n) is 5.14. The average molecular weight is 450 g/mol. The molecule has 0 aliphatic rings. The van der Waals surface area contributed by atoms with Gasteiger partial charge in [0.15, 0.2) is 5.13 Å². The highest BCUT2D eigenvalue weighted by Crippen LogP contribution is 2.35. The first-order chi connectivity index (χ1) is 15.0. The van der Waals surface area contributed by atoms with Crippen molar-refractivity contribution in [3.63, 3.8) is 0 Å². The number of amides is 1. The molecule has 6 heteroatoms. The van der Waals surface area contributed by atoms with Crippen LogP contribution in [0.3, 0.4) is 0 Å². The van der Waals surface area contributed by atoms with Gasteiger partial charge in [-0.1, -0.05) is 89.7 Å². The monoisotopic (exact) mass is 449 g/mol. The minimum atomic E-state index is -0.410. The third kappa shape index (κ3) is 4.79. The van der Waals surface area contributed by atoms with E-state index in [9.17, 15) is 4.79 Å². The first-order valence-electron chi connectivity index (χ1n) is 10.2. The van der Waals surface area contributed by atoms with Gasteiger partial charge in [-0.2, -0.15) is 0 Å². The molecule has 0 radical (unpaired) electrons. The summed E-state index contributed by atoms with van der Waals surface area (Å²) in [4.78, 5) is 22.7. The number of aromatic nitrogens is 1. The van der Waals surface area contributed by atoms with Crippen LogP contribution in [0.5, 0.6) is 0 Å². The molecule has 31 heavy (non-hydrogen) atoms. The Kier molecular flexibility index (Phi) is 6.66. The SMILES string of the molecule is CN(C)CCN(C(=O)C(c1ccccc1)c1ccccc1)c1nc2c(Cl)cccc2s1. The van der Waals surface area contributed by atoms with E-state index >= 15 is 0 Å². The van der Waals surface area contributed by atoms with E-state index in [-0.39, 0.29) is 5.91 Å². The Balaban J connectivity index is 1.79. The second-order valence-corrected chi connectivity index (χ2v) is 9.05. The van der Waals surface area contributed by atoms with Crippen molar-refractivity contribution in [2.24, 2.45) is 0 Å². The van der Waals surface area contributed by atoms with E-state index in [0.717, 1.165) is 27.9 Å². The molecule has 4 rings (SSSR count). The Hall–Kier alpha value is -2.73. The summed E-state index contributed by atoms with van der Waals surface area (Å²) in [5.74, 6) is -0.401. The van der Waals surface area contributed by atoms with Gasteiger partial charge in [-0.15, -0.1) is 0 Å². The molecule has 0 aliphatic heterocycles. The number of halogens is 1. The fourth-order valence-electron chi connectivity index (χ4n) is 3.54. The van der Waals surface area contributed by atoms with Gasteiger partial charge in [0.1, 0.15) is 5.52 Å². The van der Waals surface area contributed by atoms with E-state index in [1.807, 2.05) is 97.9 Å². The average Bonchev–Trinajstić information content (AvgIpc) is 3.21. The van der Waals surface area contributed by atoms with Crippen LogP contribution in [-0.4, -0.2) is 43.0 Å². The van der Waals surface area contributed by atoms with Gasteiger partial charge in [-0.25, -0.2) is 4.98 Å². The summed E-state index contributed by atoms with van der Waals surface area (Å²) in [7, 11) is 4.01. The molecule has 0 bridgehead atoms. The predicted molar refractivity (Wildman–Crippen MR) is 130 cm³/mol.